The van der Waals surface area contributed by atoms with Crippen LogP contribution in [0.5, 0.6) is 0 Å². The maximum absolute atomic E-state index is 11.5. The second-order valence-corrected chi connectivity index (χ2v) is 3.98. The first-order valence-electron chi connectivity index (χ1n) is 5.21. The molecule has 0 aliphatic carbocycles. The molecule has 102 valence electrons. The van der Waals surface area contributed by atoms with Crippen molar-refractivity contribution in [2.75, 3.05) is 13.7 Å². The lowest BCUT2D eigenvalue weighted by Gasteiger charge is -2.34. The van der Waals surface area contributed by atoms with Crippen molar-refractivity contribution in [1.82, 2.24) is 9.55 Å². The Bertz CT molecular complexity index is 502. The van der Waals surface area contributed by atoms with E-state index in [0.29, 0.717) is 0 Å². The molecule has 0 saturated carbocycles. The summed E-state index contributed by atoms with van der Waals surface area (Å²) in [4.78, 5) is 24.4. The third-order valence-corrected chi connectivity index (χ3v) is 2.71. The Labute approximate surface area is 102 Å². The standard InChI is InChI=1S/C10H16N2O6/c1-10(17,8(15)6(5-13)18-2)12-4-3-7(14)11-9(12)16/h3-4,6,8,13,15,17H,5H2,1-2H3,(H,11,14,16). The van der Waals surface area contributed by atoms with Gasteiger partial charge < -0.3 is 20.1 Å². The van der Waals surface area contributed by atoms with Crippen LogP contribution < -0.4 is 11.2 Å². The lowest BCUT2D eigenvalue weighted by atomic mass is 10.0. The van der Waals surface area contributed by atoms with E-state index in [1.807, 2.05) is 4.98 Å². The molecule has 1 heterocycles. The summed E-state index contributed by atoms with van der Waals surface area (Å²) in [5, 5.41) is 29.0. The zero-order valence-corrected chi connectivity index (χ0v) is 10.0. The second kappa shape index (κ2) is 5.44. The first-order chi connectivity index (χ1) is 8.34. The zero-order chi connectivity index (χ0) is 13.9. The number of aliphatic hydroxyl groups is 3. The minimum Gasteiger partial charge on any atom is -0.394 e. The number of aromatic nitrogens is 2. The van der Waals surface area contributed by atoms with E-state index in [0.717, 1.165) is 16.8 Å². The maximum Gasteiger partial charge on any atom is 0.330 e. The molecule has 1 aromatic rings. The third-order valence-electron chi connectivity index (χ3n) is 2.71. The Morgan fingerprint density at radius 3 is 2.61 bits per heavy atom. The summed E-state index contributed by atoms with van der Waals surface area (Å²) in [6.45, 7) is 0.630. The number of methoxy groups -OCH3 is 1. The average molecular weight is 260 g/mol. The van der Waals surface area contributed by atoms with E-state index < -0.39 is 35.8 Å². The molecular weight excluding hydrogens is 244 g/mol. The first kappa shape index (κ1) is 14.6. The zero-order valence-electron chi connectivity index (χ0n) is 10.0. The Morgan fingerprint density at radius 1 is 1.56 bits per heavy atom. The molecule has 8 heteroatoms. The minimum atomic E-state index is -2.04. The summed E-state index contributed by atoms with van der Waals surface area (Å²) in [7, 11) is 1.25. The highest BCUT2D eigenvalue weighted by Gasteiger charge is 2.38. The molecular formula is C10H16N2O6. The molecule has 3 atom stereocenters. The van der Waals surface area contributed by atoms with Crippen LogP contribution in [0.15, 0.2) is 21.9 Å². The number of nitrogens with one attached hydrogen (secondary N) is 1. The van der Waals surface area contributed by atoms with E-state index in [1.165, 1.54) is 14.0 Å². The van der Waals surface area contributed by atoms with Crippen molar-refractivity contribution in [3.05, 3.63) is 33.1 Å². The maximum atomic E-state index is 11.5. The van der Waals surface area contributed by atoms with E-state index in [-0.39, 0.29) is 0 Å². The number of H-pyrrole nitrogens is 1. The number of hydrogen-bond donors (Lipinski definition) is 4. The smallest absolute Gasteiger partial charge is 0.330 e. The molecule has 0 radical (unpaired) electrons. The highest BCUT2D eigenvalue weighted by Crippen LogP contribution is 2.18. The van der Waals surface area contributed by atoms with Crippen molar-refractivity contribution < 1.29 is 20.1 Å². The summed E-state index contributed by atoms with van der Waals surface area (Å²) in [5.41, 5.74) is -3.53. The van der Waals surface area contributed by atoms with Crippen LogP contribution in [0.3, 0.4) is 0 Å². The second-order valence-electron chi connectivity index (χ2n) is 3.98. The van der Waals surface area contributed by atoms with Gasteiger partial charge in [0.25, 0.3) is 5.56 Å². The van der Waals surface area contributed by atoms with Gasteiger partial charge in [0.15, 0.2) is 5.72 Å². The minimum absolute atomic E-state index is 0.536. The van der Waals surface area contributed by atoms with Crippen molar-refractivity contribution in [2.24, 2.45) is 0 Å². The Morgan fingerprint density at radius 2 is 2.17 bits per heavy atom. The molecule has 0 saturated heterocycles. The molecule has 1 rings (SSSR count). The predicted octanol–water partition coefficient (Wildman–Crippen LogP) is -2.43. The van der Waals surface area contributed by atoms with Gasteiger partial charge in [0.1, 0.15) is 12.2 Å². The van der Waals surface area contributed by atoms with E-state index in [9.17, 15) is 19.8 Å². The molecule has 0 aliphatic rings. The first-order valence-corrected chi connectivity index (χ1v) is 5.21. The monoisotopic (exact) mass is 260 g/mol. The Hall–Kier alpha value is -1.48. The molecule has 0 spiro atoms. The van der Waals surface area contributed by atoms with Gasteiger partial charge in [-0.1, -0.05) is 0 Å². The van der Waals surface area contributed by atoms with Gasteiger partial charge in [0.05, 0.1) is 6.61 Å². The van der Waals surface area contributed by atoms with Crippen LogP contribution in [0.25, 0.3) is 0 Å². The summed E-state index contributed by atoms with van der Waals surface area (Å²) >= 11 is 0. The molecule has 1 aromatic heterocycles. The van der Waals surface area contributed by atoms with Crippen LogP contribution in [-0.2, 0) is 10.5 Å². The van der Waals surface area contributed by atoms with Crippen LogP contribution in [0.2, 0.25) is 0 Å². The van der Waals surface area contributed by atoms with Gasteiger partial charge in [-0.2, -0.15) is 0 Å². The molecule has 0 bridgehead atoms. The summed E-state index contributed by atoms with van der Waals surface area (Å²) < 4.78 is 5.54. The summed E-state index contributed by atoms with van der Waals surface area (Å²) in [5.74, 6) is 0. The summed E-state index contributed by atoms with van der Waals surface area (Å²) in [6.07, 6.45) is -1.58. The van der Waals surface area contributed by atoms with E-state index in [2.05, 4.69) is 0 Å². The molecule has 0 fully saturated rings. The van der Waals surface area contributed by atoms with Gasteiger partial charge in [-0.3, -0.25) is 14.3 Å². The summed E-state index contributed by atoms with van der Waals surface area (Å²) in [6, 6.07) is 1.03. The van der Waals surface area contributed by atoms with Crippen LogP contribution in [0.1, 0.15) is 6.92 Å². The fraction of sp³-hybridized carbons (Fsp3) is 0.600. The van der Waals surface area contributed by atoms with Gasteiger partial charge in [0.2, 0.25) is 0 Å². The number of aromatic amines is 1. The van der Waals surface area contributed by atoms with Gasteiger partial charge in [-0.25, -0.2) is 4.79 Å². The number of rotatable bonds is 5. The molecule has 0 amide bonds. The number of ether oxygens (including phenoxy) is 1. The van der Waals surface area contributed by atoms with Crippen LogP contribution >= 0.6 is 0 Å². The van der Waals surface area contributed by atoms with E-state index in [4.69, 9.17) is 9.84 Å². The molecule has 18 heavy (non-hydrogen) atoms. The molecule has 0 aliphatic heterocycles. The quantitative estimate of drug-likeness (QED) is 0.466. The van der Waals surface area contributed by atoms with Crippen LogP contribution in [0, 0.1) is 0 Å². The van der Waals surface area contributed by atoms with Crippen molar-refractivity contribution in [1.29, 1.82) is 0 Å². The van der Waals surface area contributed by atoms with E-state index in [1.54, 1.807) is 0 Å². The molecule has 3 unspecified atom stereocenters. The van der Waals surface area contributed by atoms with Gasteiger partial charge in [-0.15, -0.1) is 0 Å². The topological polar surface area (TPSA) is 125 Å². The molecule has 0 aromatic carbocycles. The van der Waals surface area contributed by atoms with Crippen molar-refractivity contribution >= 4 is 0 Å². The SMILES string of the molecule is COC(CO)C(O)C(C)(O)n1ccc(=O)[nH]c1=O. The fourth-order valence-electron chi connectivity index (χ4n) is 1.57. The lowest BCUT2D eigenvalue weighted by Crippen LogP contribution is -2.54. The van der Waals surface area contributed by atoms with Crippen molar-refractivity contribution in [3.63, 3.8) is 0 Å². The third kappa shape index (κ3) is 2.67. The highest BCUT2D eigenvalue weighted by molar-refractivity contribution is 4.92. The average Bonchev–Trinajstić information content (AvgIpc) is 2.29. The van der Waals surface area contributed by atoms with Crippen molar-refractivity contribution in [3.8, 4) is 0 Å². The highest BCUT2D eigenvalue weighted by atomic mass is 16.5. The number of hydrogen-bond acceptors (Lipinski definition) is 6. The molecule has 8 nitrogen and oxygen atoms in total. The number of nitrogens with zero attached hydrogens (tertiary/aromatic N) is 1. The van der Waals surface area contributed by atoms with E-state index >= 15 is 0 Å². The van der Waals surface area contributed by atoms with Crippen molar-refractivity contribution in [2.45, 2.75) is 24.9 Å². The lowest BCUT2D eigenvalue weighted by molar-refractivity contribution is -0.178. The Kier molecular flexibility index (Phi) is 4.41. The van der Waals surface area contributed by atoms with Crippen LogP contribution in [-0.4, -0.2) is 50.8 Å². The molecule has 4 N–H and O–H groups in total. The number of aliphatic hydroxyl groups excluding tert-OH is 2. The Balaban J connectivity index is 3.19. The van der Waals surface area contributed by atoms with Gasteiger partial charge in [-0.05, 0) is 6.92 Å². The van der Waals surface area contributed by atoms with Gasteiger partial charge >= 0.3 is 5.69 Å². The van der Waals surface area contributed by atoms with Crippen LogP contribution in [0.4, 0.5) is 0 Å². The van der Waals surface area contributed by atoms with Gasteiger partial charge in [0, 0.05) is 19.4 Å². The normalized spacial score (nSPS) is 18.1. The largest absolute Gasteiger partial charge is 0.394 e. The predicted molar refractivity (Wildman–Crippen MR) is 61.1 cm³/mol. The fourth-order valence-corrected chi connectivity index (χ4v) is 1.57.